The number of likely N-dealkylation sites (tertiary alicyclic amines) is 1. The third-order valence-electron chi connectivity index (χ3n) is 4.03. The number of amides is 2. The van der Waals surface area contributed by atoms with Crippen LogP contribution in [-0.2, 0) is 14.3 Å². The predicted molar refractivity (Wildman–Crippen MR) is 72.0 cm³/mol. The highest BCUT2D eigenvalue weighted by atomic mass is 16.5. The number of hydrogen-bond donors (Lipinski definition) is 1. The Balaban J connectivity index is 1.70. The molecular formula is C15H19N2O3+. The largest absolute Gasteiger partial charge is 0.370 e. The smallest absolute Gasteiger partial charge is 0.241 e. The lowest BCUT2D eigenvalue weighted by Gasteiger charge is -2.27. The molecule has 20 heavy (non-hydrogen) atoms. The molecule has 5 nitrogen and oxygen atoms in total. The lowest BCUT2D eigenvalue weighted by atomic mass is 9.98. The molecule has 106 valence electrons. The minimum Gasteiger partial charge on any atom is -0.370 e. The Kier molecular flexibility index (Phi) is 3.80. The van der Waals surface area contributed by atoms with E-state index >= 15 is 0 Å². The zero-order valence-electron chi connectivity index (χ0n) is 11.4. The first-order chi connectivity index (χ1) is 9.75. The van der Waals surface area contributed by atoms with Gasteiger partial charge in [0, 0.05) is 6.42 Å². The van der Waals surface area contributed by atoms with E-state index in [1.54, 1.807) is 0 Å². The number of carbonyl (C=O) groups excluding carboxylic acids is 2. The molecule has 0 radical (unpaired) electrons. The van der Waals surface area contributed by atoms with Gasteiger partial charge in [-0.3, -0.25) is 9.59 Å². The first kappa shape index (κ1) is 13.3. The van der Waals surface area contributed by atoms with Gasteiger partial charge in [0.2, 0.25) is 11.8 Å². The van der Waals surface area contributed by atoms with E-state index < -0.39 is 0 Å². The van der Waals surface area contributed by atoms with Gasteiger partial charge in [-0.1, -0.05) is 30.3 Å². The maximum atomic E-state index is 12.5. The van der Waals surface area contributed by atoms with Crippen LogP contribution < -0.4 is 4.90 Å². The summed E-state index contributed by atoms with van der Waals surface area (Å²) >= 11 is 0. The Bertz CT molecular complexity index is 497. The van der Waals surface area contributed by atoms with E-state index in [1.165, 1.54) is 9.80 Å². The molecule has 2 heterocycles. The minimum atomic E-state index is -0.302. The summed E-state index contributed by atoms with van der Waals surface area (Å²) in [7, 11) is 0. The van der Waals surface area contributed by atoms with Crippen molar-refractivity contribution in [2.24, 2.45) is 0 Å². The highest BCUT2D eigenvalue weighted by molar-refractivity contribution is 6.06. The van der Waals surface area contributed by atoms with Crippen LogP contribution in [0.2, 0.25) is 0 Å². The van der Waals surface area contributed by atoms with Gasteiger partial charge in [0.25, 0.3) is 0 Å². The summed E-state index contributed by atoms with van der Waals surface area (Å²) < 4.78 is 5.30. The van der Waals surface area contributed by atoms with Crippen LogP contribution in [0, 0.1) is 0 Å². The maximum Gasteiger partial charge on any atom is 0.241 e. The minimum absolute atomic E-state index is 0.0529. The van der Waals surface area contributed by atoms with Crippen molar-refractivity contribution in [3.05, 3.63) is 35.9 Å². The lowest BCUT2D eigenvalue weighted by molar-refractivity contribution is -0.915. The van der Waals surface area contributed by atoms with Crippen molar-refractivity contribution in [3.63, 3.8) is 0 Å². The standard InChI is InChI=1S/C15H18N2O3/c18-14-10-13(12-4-2-1-3-5-12)15(19)17(14)11-16-6-8-20-9-7-16/h1-5,13H,6-11H2/p+1/t13-/m1/s1. The normalized spacial score (nSPS) is 24.4. The molecule has 1 aromatic rings. The summed E-state index contributed by atoms with van der Waals surface area (Å²) in [4.78, 5) is 27.2. The molecule has 0 aromatic heterocycles. The average Bonchev–Trinajstić information content (AvgIpc) is 2.77. The molecule has 0 spiro atoms. The van der Waals surface area contributed by atoms with Crippen molar-refractivity contribution in [1.82, 2.24) is 4.90 Å². The van der Waals surface area contributed by atoms with E-state index in [0.717, 1.165) is 18.7 Å². The number of nitrogens with one attached hydrogen (secondary N) is 1. The summed E-state index contributed by atoms with van der Waals surface area (Å²) in [6.07, 6.45) is 0.298. The molecule has 1 N–H and O–H groups in total. The number of quaternary nitrogens is 1. The highest BCUT2D eigenvalue weighted by Gasteiger charge is 2.41. The van der Waals surface area contributed by atoms with Gasteiger partial charge in [-0.05, 0) is 5.56 Å². The fourth-order valence-corrected chi connectivity index (χ4v) is 2.84. The zero-order chi connectivity index (χ0) is 13.9. The Labute approximate surface area is 118 Å². The second-order valence-electron chi connectivity index (χ2n) is 5.35. The second-order valence-corrected chi connectivity index (χ2v) is 5.35. The first-order valence-corrected chi connectivity index (χ1v) is 7.06. The van der Waals surface area contributed by atoms with Gasteiger partial charge < -0.3 is 9.64 Å². The van der Waals surface area contributed by atoms with Crippen LogP contribution in [0.25, 0.3) is 0 Å². The van der Waals surface area contributed by atoms with Crippen LogP contribution in [0.5, 0.6) is 0 Å². The van der Waals surface area contributed by atoms with Crippen molar-refractivity contribution in [3.8, 4) is 0 Å². The van der Waals surface area contributed by atoms with E-state index in [0.29, 0.717) is 26.3 Å². The Morgan fingerprint density at radius 3 is 2.55 bits per heavy atom. The van der Waals surface area contributed by atoms with Gasteiger partial charge in [-0.15, -0.1) is 0 Å². The van der Waals surface area contributed by atoms with Crippen LogP contribution in [0.15, 0.2) is 30.3 Å². The number of carbonyl (C=O) groups is 2. The molecule has 0 unspecified atom stereocenters. The number of imide groups is 1. The van der Waals surface area contributed by atoms with Gasteiger partial charge in [0.15, 0.2) is 6.67 Å². The SMILES string of the molecule is O=C1C[C@H](c2ccccc2)C(=O)N1C[NH+]1CCOCC1. The van der Waals surface area contributed by atoms with Gasteiger partial charge >= 0.3 is 0 Å². The average molecular weight is 275 g/mol. The Hall–Kier alpha value is -1.72. The van der Waals surface area contributed by atoms with Crippen LogP contribution in [0.1, 0.15) is 17.9 Å². The molecule has 0 saturated carbocycles. The number of rotatable bonds is 3. The van der Waals surface area contributed by atoms with Crippen molar-refractivity contribution in [2.75, 3.05) is 33.0 Å². The lowest BCUT2D eigenvalue weighted by Crippen LogP contribution is -3.15. The van der Waals surface area contributed by atoms with Crippen molar-refractivity contribution in [2.45, 2.75) is 12.3 Å². The number of morpholine rings is 1. The number of hydrogen-bond acceptors (Lipinski definition) is 3. The van der Waals surface area contributed by atoms with E-state index in [4.69, 9.17) is 4.74 Å². The molecule has 2 aliphatic heterocycles. The molecule has 1 atom stereocenters. The zero-order valence-corrected chi connectivity index (χ0v) is 11.4. The number of ether oxygens (including phenoxy) is 1. The third kappa shape index (κ3) is 2.59. The molecule has 5 heteroatoms. The van der Waals surface area contributed by atoms with Gasteiger partial charge in [-0.2, -0.15) is 0 Å². The topological polar surface area (TPSA) is 51.0 Å². The molecular weight excluding hydrogens is 256 g/mol. The number of nitrogens with zero attached hydrogens (tertiary/aromatic N) is 1. The monoisotopic (exact) mass is 275 g/mol. The molecule has 2 saturated heterocycles. The summed E-state index contributed by atoms with van der Waals surface area (Å²) in [5.41, 5.74) is 0.935. The summed E-state index contributed by atoms with van der Waals surface area (Å²) in [5.74, 6) is -0.410. The van der Waals surface area contributed by atoms with Crippen molar-refractivity contribution >= 4 is 11.8 Å². The van der Waals surface area contributed by atoms with Crippen molar-refractivity contribution in [1.29, 1.82) is 0 Å². The Morgan fingerprint density at radius 1 is 1.15 bits per heavy atom. The highest BCUT2D eigenvalue weighted by Crippen LogP contribution is 2.28. The summed E-state index contributed by atoms with van der Waals surface area (Å²) in [6.45, 7) is 3.59. The predicted octanol–water partition coefficient (Wildman–Crippen LogP) is -0.598. The number of benzene rings is 1. The molecule has 3 rings (SSSR count). The van der Waals surface area contributed by atoms with Crippen LogP contribution in [-0.4, -0.2) is 49.7 Å². The summed E-state index contributed by atoms with van der Waals surface area (Å²) in [5, 5.41) is 0. The Morgan fingerprint density at radius 2 is 1.85 bits per heavy atom. The molecule has 0 bridgehead atoms. The first-order valence-electron chi connectivity index (χ1n) is 7.06. The summed E-state index contributed by atoms with van der Waals surface area (Å²) in [6, 6.07) is 9.56. The second kappa shape index (κ2) is 5.73. The van der Waals surface area contributed by atoms with E-state index in [1.807, 2.05) is 30.3 Å². The third-order valence-corrected chi connectivity index (χ3v) is 4.03. The quantitative estimate of drug-likeness (QED) is 0.750. The van der Waals surface area contributed by atoms with E-state index in [2.05, 4.69) is 0 Å². The van der Waals surface area contributed by atoms with Crippen LogP contribution in [0.3, 0.4) is 0 Å². The fraction of sp³-hybridized carbons (Fsp3) is 0.467. The molecule has 1 aromatic carbocycles. The van der Waals surface area contributed by atoms with E-state index in [9.17, 15) is 9.59 Å². The van der Waals surface area contributed by atoms with E-state index in [-0.39, 0.29) is 17.7 Å². The molecule has 2 aliphatic rings. The van der Waals surface area contributed by atoms with Gasteiger partial charge in [0.1, 0.15) is 13.1 Å². The van der Waals surface area contributed by atoms with Crippen molar-refractivity contribution < 1.29 is 19.2 Å². The molecule has 0 aliphatic carbocycles. The molecule has 2 fully saturated rings. The van der Waals surface area contributed by atoms with Crippen LogP contribution in [0.4, 0.5) is 0 Å². The fourth-order valence-electron chi connectivity index (χ4n) is 2.84. The van der Waals surface area contributed by atoms with Gasteiger partial charge in [0.05, 0.1) is 19.1 Å². The van der Waals surface area contributed by atoms with Gasteiger partial charge in [-0.25, -0.2) is 4.90 Å². The maximum absolute atomic E-state index is 12.5. The molecule has 2 amide bonds. The van der Waals surface area contributed by atoms with Crippen LogP contribution >= 0.6 is 0 Å².